The van der Waals surface area contributed by atoms with E-state index in [4.69, 9.17) is 4.42 Å². The summed E-state index contributed by atoms with van der Waals surface area (Å²) in [6.07, 6.45) is 1.59. The Kier molecular flexibility index (Phi) is 4.57. The van der Waals surface area contributed by atoms with Gasteiger partial charge in [-0.05, 0) is 77.5 Å². The predicted octanol–water partition coefficient (Wildman–Crippen LogP) is 5.57. The lowest BCUT2D eigenvalue weighted by Crippen LogP contribution is -1.85. The van der Waals surface area contributed by atoms with Gasteiger partial charge >= 0.3 is 0 Å². The average Bonchev–Trinajstić information content (AvgIpc) is 3.07. The van der Waals surface area contributed by atoms with Crippen molar-refractivity contribution >= 4 is 45.6 Å². The van der Waals surface area contributed by atoms with Crippen molar-refractivity contribution in [3.05, 3.63) is 69.3 Å². The predicted molar refractivity (Wildman–Crippen MR) is 114 cm³/mol. The zero-order chi connectivity index (χ0) is 19.0. The maximum atomic E-state index is 10.2. The molecule has 1 aromatic heterocycles. The summed E-state index contributed by atoms with van der Waals surface area (Å²) in [6, 6.07) is 16.1. The molecule has 0 unspecified atom stereocenters. The van der Waals surface area contributed by atoms with Crippen LogP contribution in [-0.4, -0.2) is 21.4 Å². The third-order valence-electron chi connectivity index (χ3n) is 4.12. The van der Waals surface area contributed by atoms with E-state index in [2.05, 4.69) is 32.6 Å². The molecule has 0 amide bonds. The lowest BCUT2D eigenvalue weighted by molar-refractivity contribution is 0.470. The van der Waals surface area contributed by atoms with Crippen molar-refractivity contribution in [2.24, 2.45) is 4.99 Å². The van der Waals surface area contributed by atoms with Crippen LogP contribution < -0.4 is 0 Å². The number of phenolic OH excluding ortho intramolecular Hbond substituents is 2. The SMILES string of the molecule is Cc1ccc2oc(-c3cc(N=Cc4cccc(I)c4O)ccc3O)nc2c1. The number of oxazole rings is 1. The number of nitrogens with zero attached hydrogens (tertiary/aromatic N) is 2. The van der Waals surface area contributed by atoms with E-state index in [0.717, 1.165) is 14.7 Å². The lowest BCUT2D eigenvalue weighted by Gasteiger charge is -2.03. The van der Waals surface area contributed by atoms with Crippen molar-refractivity contribution in [2.45, 2.75) is 6.92 Å². The van der Waals surface area contributed by atoms with Gasteiger partial charge in [0, 0.05) is 11.8 Å². The summed E-state index contributed by atoms with van der Waals surface area (Å²) in [6.45, 7) is 1.99. The molecule has 0 saturated heterocycles. The topological polar surface area (TPSA) is 78.9 Å². The second-order valence-corrected chi connectivity index (χ2v) is 7.29. The Hall–Kier alpha value is -2.87. The second kappa shape index (κ2) is 7.03. The molecule has 0 aliphatic rings. The number of hydrogen-bond donors (Lipinski definition) is 2. The van der Waals surface area contributed by atoms with Crippen molar-refractivity contribution in [1.82, 2.24) is 4.98 Å². The molecular weight excluding hydrogens is 455 g/mol. The van der Waals surface area contributed by atoms with Crippen LogP contribution in [0, 0.1) is 10.5 Å². The highest BCUT2D eigenvalue weighted by Crippen LogP contribution is 2.34. The maximum absolute atomic E-state index is 10.2. The number of aryl methyl sites for hydroxylation is 1. The number of rotatable bonds is 3. The Balaban J connectivity index is 1.72. The molecule has 5 nitrogen and oxygen atoms in total. The third kappa shape index (κ3) is 3.52. The molecule has 1 heterocycles. The van der Waals surface area contributed by atoms with E-state index < -0.39 is 0 Å². The van der Waals surface area contributed by atoms with Gasteiger partial charge in [-0.2, -0.15) is 0 Å². The Labute approximate surface area is 169 Å². The smallest absolute Gasteiger partial charge is 0.231 e. The summed E-state index contributed by atoms with van der Waals surface area (Å²) in [5.74, 6) is 0.590. The fourth-order valence-corrected chi connectivity index (χ4v) is 3.23. The maximum Gasteiger partial charge on any atom is 0.231 e. The number of phenols is 2. The number of para-hydroxylation sites is 1. The first-order valence-corrected chi connectivity index (χ1v) is 9.31. The van der Waals surface area contributed by atoms with Gasteiger partial charge in [0.05, 0.1) is 14.8 Å². The first kappa shape index (κ1) is 17.5. The number of aliphatic imine (C=N–C) groups is 1. The molecule has 4 rings (SSSR count). The third-order valence-corrected chi connectivity index (χ3v) is 4.99. The highest BCUT2D eigenvalue weighted by atomic mass is 127. The van der Waals surface area contributed by atoms with E-state index in [-0.39, 0.29) is 11.5 Å². The van der Waals surface area contributed by atoms with Gasteiger partial charge < -0.3 is 14.6 Å². The fraction of sp³-hybridized carbons (Fsp3) is 0.0476. The Morgan fingerprint density at radius 2 is 1.93 bits per heavy atom. The number of hydrogen-bond acceptors (Lipinski definition) is 5. The van der Waals surface area contributed by atoms with Gasteiger partial charge in [-0.15, -0.1) is 0 Å². The van der Waals surface area contributed by atoms with E-state index in [1.165, 1.54) is 0 Å². The van der Waals surface area contributed by atoms with Crippen LogP contribution in [0.15, 0.2) is 64.0 Å². The summed E-state index contributed by atoms with van der Waals surface area (Å²) in [5, 5.41) is 20.3. The molecule has 6 heteroatoms. The summed E-state index contributed by atoms with van der Waals surface area (Å²) in [7, 11) is 0. The first-order valence-electron chi connectivity index (χ1n) is 8.23. The number of halogens is 1. The van der Waals surface area contributed by atoms with Gasteiger partial charge in [0.1, 0.15) is 17.0 Å². The highest BCUT2D eigenvalue weighted by molar-refractivity contribution is 14.1. The monoisotopic (exact) mass is 470 g/mol. The van der Waals surface area contributed by atoms with E-state index in [9.17, 15) is 10.2 Å². The fourth-order valence-electron chi connectivity index (χ4n) is 2.71. The second-order valence-electron chi connectivity index (χ2n) is 6.13. The molecule has 2 N–H and O–H groups in total. The molecule has 0 fully saturated rings. The molecule has 0 aliphatic carbocycles. The molecule has 3 aromatic carbocycles. The number of aromatic nitrogens is 1. The van der Waals surface area contributed by atoms with Crippen LogP contribution >= 0.6 is 22.6 Å². The number of fused-ring (bicyclic) bond motifs is 1. The molecule has 0 spiro atoms. The zero-order valence-electron chi connectivity index (χ0n) is 14.3. The minimum absolute atomic E-state index is 0.0642. The van der Waals surface area contributed by atoms with E-state index in [1.54, 1.807) is 30.5 Å². The minimum Gasteiger partial charge on any atom is -0.507 e. The molecule has 0 bridgehead atoms. The van der Waals surface area contributed by atoms with Crippen molar-refractivity contribution < 1.29 is 14.6 Å². The Morgan fingerprint density at radius 3 is 2.78 bits per heavy atom. The van der Waals surface area contributed by atoms with E-state index in [1.807, 2.05) is 37.3 Å². The van der Waals surface area contributed by atoms with Crippen LogP contribution in [0.5, 0.6) is 11.5 Å². The molecular formula is C21H15IN2O3. The summed E-state index contributed by atoms with van der Waals surface area (Å²) in [5.41, 5.74) is 4.18. The van der Waals surface area contributed by atoms with Crippen molar-refractivity contribution in [1.29, 1.82) is 0 Å². The van der Waals surface area contributed by atoms with Gasteiger partial charge in [-0.1, -0.05) is 12.1 Å². The summed E-state index contributed by atoms with van der Waals surface area (Å²) >= 11 is 2.07. The normalized spacial score (nSPS) is 11.5. The minimum atomic E-state index is 0.0642. The standard InChI is InChI=1S/C21H15IN2O3/c1-12-5-8-19-17(9-12)24-21(27-19)15-10-14(6-7-18(15)25)23-11-13-3-2-4-16(22)20(13)26/h2-11,25-26H,1H3. The molecule has 27 heavy (non-hydrogen) atoms. The average molecular weight is 470 g/mol. The molecule has 134 valence electrons. The number of benzene rings is 3. The first-order chi connectivity index (χ1) is 13.0. The molecule has 4 aromatic rings. The molecule has 0 saturated carbocycles. The van der Waals surface area contributed by atoms with Crippen LogP contribution in [0.4, 0.5) is 5.69 Å². The van der Waals surface area contributed by atoms with Gasteiger partial charge in [0.25, 0.3) is 0 Å². The highest BCUT2D eigenvalue weighted by Gasteiger charge is 2.13. The van der Waals surface area contributed by atoms with Gasteiger partial charge in [-0.25, -0.2) is 4.98 Å². The molecule has 0 radical (unpaired) electrons. The molecule has 0 atom stereocenters. The van der Waals surface area contributed by atoms with Gasteiger partial charge in [0.2, 0.25) is 5.89 Å². The zero-order valence-corrected chi connectivity index (χ0v) is 16.5. The van der Waals surface area contributed by atoms with E-state index in [0.29, 0.717) is 28.3 Å². The van der Waals surface area contributed by atoms with Crippen molar-refractivity contribution in [3.8, 4) is 23.0 Å². The van der Waals surface area contributed by atoms with Crippen LogP contribution in [0.2, 0.25) is 0 Å². The van der Waals surface area contributed by atoms with Crippen molar-refractivity contribution in [3.63, 3.8) is 0 Å². The van der Waals surface area contributed by atoms with Gasteiger partial charge in [-0.3, -0.25) is 4.99 Å². The summed E-state index contributed by atoms with van der Waals surface area (Å²) < 4.78 is 6.53. The van der Waals surface area contributed by atoms with Crippen LogP contribution in [0.1, 0.15) is 11.1 Å². The van der Waals surface area contributed by atoms with Gasteiger partial charge in [0.15, 0.2) is 5.58 Å². The van der Waals surface area contributed by atoms with Crippen LogP contribution in [0.25, 0.3) is 22.6 Å². The summed E-state index contributed by atoms with van der Waals surface area (Å²) in [4.78, 5) is 8.88. The van der Waals surface area contributed by atoms with Crippen LogP contribution in [-0.2, 0) is 0 Å². The quantitative estimate of drug-likeness (QED) is 0.303. The Morgan fingerprint density at radius 1 is 1.07 bits per heavy atom. The van der Waals surface area contributed by atoms with E-state index >= 15 is 0 Å². The lowest BCUT2D eigenvalue weighted by atomic mass is 10.1. The number of aromatic hydroxyl groups is 2. The Bertz CT molecular complexity index is 1180. The molecule has 0 aliphatic heterocycles. The largest absolute Gasteiger partial charge is 0.507 e. The van der Waals surface area contributed by atoms with Crippen molar-refractivity contribution in [2.75, 3.05) is 0 Å². The van der Waals surface area contributed by atoms with Crippen LogP contribution in [0.3, 0.4) is 0 Å².